The highest BCUT2D eigenvalue weighted by molar-refractivity contribution is 5.76. The predicted molar refractivity (Wildman–Crippen MR) is 62.0 cm³/mol. The number of esters is 1. The molecule has 94 valence electrons. The number of hydrogen-bond acceptors (Lipinski definition) is 4. The SMILES string of the molecule is COC(=O)CC(C)NCCC(=O)NC(C)C. The molecular formula is C11H22N2O3. The van der Waals surface area contributed by atoms with E-state index in [0.717, 1.165) is 0 Å². The number of amides is 1. The van der Waals surface area contributed by atoms with Crippen LogP contribution in [-0.2, 0) is 14.3 Å². The van der Waals surface area contributed by atoms with Gasteiger partial charge in [0, 0.05) is 25.0 Å². The molecule has 0 bridgehead atoms. The lowest BCUT2D eigenvalue weighted by atomic mass is 10.2. The number of carbonyl (C=O) groups is 2. The van der Waals surface area contributed by atoms with E-state index in [2.05, 4.69) is 15.4 Å². The Kier molecular flexibility index (Phi) is 7.54. The summed E-state index contributed by atoms with van der Waals surface area (Å²) in [6, 6.07) is 0.194. The first-order chi connectivity index (χ1) is 7.45. The van der Waals surface area contributed by atoms with Crippen LogP contribution in [0.5, 0.6) is 0 Å². The van der Waals surface area contributed by atoms with Gasteiger partial charge in [-0.1, -0.05) is 0 Å². The van der Waals surface area contributed by atoms with Crippen LogP contribution in [0.15, 0.2) is 0 Å². The van der Waals surface area contributed by atoms with Crippen molar-refractivity contribution in [2.24, 2.45) is 0 Å². The maximum Gasteiger partial charge on any atom is 0.307 e. The minimum absolute atomic E-state index is 0.0211. The molecule has 0 spiro atoms. The fraction of sp³-hybridized carbons (Fsp3) is 0.818. The Balaban J connectivity index is 3.57. The van der Waals surface area contributed by atoms with Crippen LogP contribution in [0.1, 0.15) is 33.6 Å². The van der Waals surface area contributed by atoms with Crippen molar-refractivity contribution in [2.75, 3.05) is 13.7 Å². The first-order valence-electron chi connectivity index (χ1n) is 5.55. The number of ether oxygens (including phenoxy) is 1. The Morgan fingerprint density at radius 1 is 1.25 bits per heavy atom. The van der Waals surface area contributed by atoms with Crippen molar-refractivity contribution in [1.29, 1.82) is 0 Å². The number of rotatable bonds is 7. The van der Waals surface area contributed by atoms with E-state index >= 15 is 0 Å². The summed E-state index contributed by atoms with van der Waals surface area (Å²) >= 11 is 0. The molecule has 0 saturated heterocycles. The molecule has 1 unspecified atom stereocenters. The molecule has 0 heterocycles. The van der Waals surface area contributed by atoms with Crippen molar-refractivity contribution in [3.8, 4) is 0 Å². The zero-order valence-corrected chi connectivity index (χ0v) is 10.5. The van der Waals surface area contributed by atoms with Gasteiger partial charge >= 0.3 is 5.97 Å². The molecule has 2 N–H and O–H groups in total. The molecule has 0 rings (SSSR count). The number of hydrogen-bond donors (Lipinski definition) is 2. The van der Waals surface area contributed by atoms with Crippen LogP contribution in [-0.4, -0.2) is 37.6 Å². The van der Waals surface area contributed by atoms with Crippen molar-refractivity contribution >= 4 is 11.9 Å². The highest BCUT2D eigenvalue weighted by Crippen LogP contribution is 1.93. The average Bonchev–Trinajstić information content (AvgIpc) is 2.16. The zero-order valence-electron chi connectivity index (χ0n) is 10.5. The molecule has 0 aromatic carbocycles. The Morgan fingerprint density at radius 2 is 1.88 bits per heavy atom. The first kappa shape index (κ1) is 14.9. The second-order valence-corrected chi connectivity index (χ2v) is 4.11. The number of methoxy groups -OCH3 is 1. The van der Waals surface area contributed by atoms with E-state index in [-0.39, 0.29) is 24.0 Å². The van der Waals surface area contributed by atoms with Crippen LogP contribution in [0.25, 0.3) is 0 Å². The van der Waals surface area contributed by atoms with Crippen molar-refractivity contribution in [1.82, 2.24) is 10.6 Å². The van der Waals surface area contributed by atoms with Crippen LogP contribution in [0, 0.1) is 0 Å². The molecule has 0 aliphatic heterocycles. The highest BCUT2D eigenvalue weighted by atomic mass is 16.5. The van der Waals surface area contributed by atoms with Gasteiger partial charge in [0.1, 0.15) is 0 Å². The molecule has 0 aliphatic carbocycles. The summed E-state index contributed by atoms with van der Waals surface area (Å²) in [6.45, 7) is 6.30. The van der Waals surface area contributed by atoms with E-state index in [4.69, 9.17) is 0 Å². The molecule has 0 aromatic heterocycles. The molecule has 5 nitrogen and oxygen atoms in total. The topological polar surface area (TPSA) is 67.4 Å². The van der Waals surface area contributed by atoms with Gasteiger partial charge in [-0.3, -0.25) is 9.59 Å². The molecule has 5 heteroatoms. The van der Waals surface area contributed by atoms with E-state index in [1.165, 1.54) is 7.11 Å². The lowest BCUT2D eigenvalue weighted by molar-refractivity contribution is -0.141. The largest absolute Gasteiger partial charge is 0.469 e. The molecule has 0 aliphatic rings. The summed E-state index contributed by atoms with van der Waals surface area (Å²) in [4.78, 5) is 22.2. The first-order valence-corrected chi connectivity index (χ1v) is 5.55. The second kappa shape index (κ2) is 8.10. The van der Waals surface area contributed by atoms with Crippen molar-refractivity contribution in [3.63, 3.8) is 0 Å². The third-order valence-corrected chi connectivity index (χ3v) is 2.00. The van der Waals surface area contributed by atoms with Gasteiger partial charge in [0.05, 0.1) is 13.5 Å². The summed E-state index contributed by atoms with van der Waals surface area (Å²) in [5, 5.41) is 5.89. The van der Waals surface area contributed by atoms with E-state index < -0.39 is 0 Å². The third-order valence-electron chi connectivity index (χ3n) is 2.00. The molecule has 1 amide bonds. The summed E-state index contributed by atoms with van der Waals surface area (Å²) < 4.78 is 4.54. The zero-order chi connectivity index (χ0) is 12.6. The Bertz CT molecular complexity index is 229. The maximum atomic E-state index is 11.3. The quantitative estimate of drug-likeness (QED) is 0.623. The lowest BCUT2D eigenvalue weighted by Crippen LogP contribution is -2.35. The van der Waals surface area contributed by atoms with Crippen LogP contribution >= 0.6 is 0 Å². The second-order valence-electron chi connectivity index (χ2n) is 4.11. The minimum atomic E-state index is -0.244. The molecule has 0 radical (unpaired) electrons. The fourth-order valence-electron chi connectivity index (χ4n) is 1.23. The predicted octanol–water partition coefficient (Wildman–Crippen LogP) is 0.442. The van der Waals surface area contributed by atoms with Crippen LogP contribution in [0.2, 0.25) is 0 Å². The monoisotopic (exact) mass is 230 g/mol. The van der Waals surface area contributed by atoms with Gasteiger partial charge in [-0.2, -0.15) is 0 Å². The highest BCUT2D eigenvalue weighted by Gasteiger charge is 2.09. The number of nitrogens with one attached hydrogen (secondary N) is 2. The standard InChI is InChI=1S/C11H22N2O3/c1-8(2)13-10(14)5-6-12-9(3)7-11(15)16-4/h8-9,12H,5-7H2,1-4H3,(H,13,14). The van der Waals surface area contributed by atoms with E-state index in [1.54, 1.807) is 0 Å². The summed E-state index contributed by atoms with van der Waals surface area (Å²) in [5.74, 6) is -0.223. The smallest absolute Gasteiger partial charge is 0.307 e. The molecule has 0 aromatic rings. The van der Waals surface area contributed by atoms with Crippen molar-refractivity contribution < 1.29 is 14.3 Å². The summed E-state index contributed by atoms with van der Waals surface area (Å²) in [7, 11) is 1.37. The Hall–Kier alpha value is -1.10. The van der Waals surface area contributed by atoms with Gasteiger partial charge in [0.15, 0.2) is 0 Å². The lowest BCUT2D eigenvalue weighted by Gasteiger charge is -2.13. The van der Waals surface area contributed by atoms with Crippen molar-refractivity contribution in [3.05, 3.63) is 0 Å². The van der Waals surface area contributed by atoms with Gasteiger partial charge < -0.3 is 15.4 Å². The van der Waals surface area contributed by atoms with Gasteiger partial charge in [0.2, 0.25) is 5.91 Å². The normalized spacial score (nSPS) is 12.3. The molecule has 0 fully saturated rings. The van der Waals surface area contributed by atoms with E-state index in [9.17, 15) is 9.59 Å². The third kappa shape index (κ3) is 8.23. The van der Waals surface area contributed by atoms with Gasteiger partial charge in [-0.05, 0) is 20.8 Å². The van der Waals surface area contributed by atoms with Gasteiger partial charge in [-0.25, -0.2) is 0 Å². The van der Waals surface area contributed by atoms with Crippen LogP contribution in [0.3, 0.4) is 0 Å². The summed E-state index contributed by atoms with van der Waals surface area (Å²) in [6.07, 6.45) is 0.742. The Morgan fingerprint density at radius 3 is 2.38 bits per heavy atom. The average molecular weight is 230 g/mol. The summed E-state index contributed by atoms with van der Waals surface area (Å²) in [5.41, 5.74) is 0. The van der Waals surface area contributed by atoms with E-state index in [1.807, 2.05) is 20.8 Å². The molecule has 1 atom stereocenters. The van der Waals surface area contributed by atoms with Crippen LogP contribution in [0.4, 0.5) is 0 Å². The molecular weight excluding hydrogens is 208 g/mol. The number of carbonyl (C=O) groups excluding carboxylic acids is 2. The van der Waals surface area contributed by atoms with E-state index in [0.29, 0.717) is 19.4 Å². The maximum absolute atomic E-state index is 11.3. The molecule has 16 heavy (non-hydrogen) atoms. The fourth-order valence-corrected chi connectivity index (χ4v) is 1.23. The minimum Gasteiger partial charge on any atom is -0.469 e. The van der Waals surface area contributed by atoms with Gasteiger partial charge in [0.25, 0.3) is 0 Å². The van der Waals surface area contributed by atoms with Crippen molar-refractivity contribution in [2.45, 2.75) is 45.7 Å². The Labute approximate surface area is 96.9 Å². The van der Waals surface area contributed by atoms with Crippen LogP contribution < -0.4 is 10.6 Å². The molecule has 0 saturated carbocycles. The van der Waals surface area contributed by atoms with Gasteiger partial charge in [-0.15, -0.1) is 0 Å².